The van der Waals surface area contributed by atoms with E-state index >= 15 is 0 Å². The number of hydrogen-bond acceptors (Lipinski definition) is 3. The van der Waals surface area contributed by atoms with Crippen molar-refractivity contribution in [1.29, 1.82) is 0 Å². The Morgan fingerprint density at radius 2 is 1.62 bits per heavy atom. The van der Waals surface area contributed by atoms with Crippen LogP contribution >= 0.6 is 15.9 Å². The summed E-state index contributed by atoms with van der Waals surface area (Å²) in [6, 6.07) is 0. The van der Waals surface area contributed by atoms with Gasteiger partial charge >= 0.3 is 0 Å². The van der Waals surface area contributed by atoms with E-state index in [0.29, 0.717) is 11.8 Å². The second-order valence-corrected chi connectivity index (χ2v) is 10.8. The third-order valence-corrected chi connectivity index (χ3v) is 9.03. The molecule has 0 aromatic heterocycles. The van der Waals surface area contributed by atoms with Gasteiger partial charge in [-0.15, -0.1) is 0 Å². The molecule has 138 valence electrons. The maximum Gasteiger partial charge on any atom is 0.0744 e. The molecule has 0 saturated heterocycles. The Hall–Kier alpha value is 0.100. The van der Waals surface area contributed by atoms with Crippen molar-refractivity contribution in [2.45, 2.75) is 81.9 Å². The Balaban J connectivity index is 1.83. The number of hydrogen-bond donors (Lipinski definition) is 3. The Morgan fingerprint density at radius 1 is 1.04 bits per heavy atom. The molecule has 24 heavy (non-hydrogen) atoms. The molecular weight excluding hydrogens is 368 g/mol. The highest BCUT2D eigenvalue weighted by Gasteiger charge is 2.63. The van der Waals surface area contributed by atoms with Crippen molar-refractivity contribution in [2.24, 2.45) is 29.1 Å². The van der Waals surface area contributed by atoms with Gasteiger partial charge in [0.05, 0.1) is 17.3 Å². The van der Waals surface area contributed by atoms with Crippen LogP contribution in [0.25, 0.3) is 0 Å². The average molecular weight is 401 g/mol. The maximum absolute atomic E-state index is 11.1. The number of aliphatic hydroxyl groups is 3. The number of halogens is 1. The molecule has 0 radical (unpaired) electrons. The molecule has 8 atom stereocenters. The first-order chi connectivity index (χ1) is 10.9. The maximum atomic E-state index is 11.1. The van der Waals surface area contributed by atoms with Crippen molar-refractivity contribution < 1.29 is 15.3 Å². The van der Waals surface area contributed by atoms with Gasteiger partial charge in [-0.25, -0.2) is 0 Å². The van der Waals surface area contributed by atoms with E-state index in [-0.39, 0.29) is 22.1 Å². The van der Waals surface area contributed by atoms with E-state index in [2.05, 4.69) is 36.4 Å². The smallest absolute Gasteiger partial charge is 0.0744 e. The molecule has 3 N–H and O–H groups in total. The van der Waals surface area contributed by atoms with Crippen LogP contribution in [0.4, 0.5) is 0 Å². The molecular formula is C20H33BrO3. The summed E-state index contributed by atoms with van der Waals surface area (Å²) in [5.41, 5.74) is -0.368. The lowest BCUT2D eigenvalue weighted by Gasteiger charge is -2.43. The molecule has 3 saturated carbocycles. The van der Waals surface area contributed by atoms with E-state index in [4.69, 9.17) is 0 Å². The lowest BCUT2D eigenvalue weighted by atomic mass is 9.66. The molecule has 3 nitrogen and oxygen atoms in total. The van der Waals surface area contributed by atoms with Gasteiger partial charge in [0.1, 0.15) is 0 Å². The van der Waals surface area contributed by atoms with Crippen molar-refractivity contribution in [3.05, 3.63) is 12.2 Å². The SMILES string of the molecule is C=C(C1CCC(C)(O)C(Br)C1)C1C(O)C2C(CCC2(C)O)C1(C)C. The van der Waals surface area contributed by atoms with Gasteiger partial charge in [0.25, 0.3) is 0 Å². The number of alkyl halides is 1. The van der Waals surface area contributed by atoms with Gasteiger partial charge in [-0.05, 0) is 63.2 Å². The molecule has 8 unspecified atom stereocenters. The standard InChI is InChI=1S/C20H33BrO3/c1-11(12-6-8-19(4,23)14(21)10-12)15-17(22)16-13(18(15,2)3)7-9-20(16,5)24/h12-17,22-24H,1,6-10H2,2-5H3. The van der Waals surface area contributed by atoms with Crippen molar-refractivity contribution in [2.75, 3.05) is 0 Å². The van der Waals surface area contributed by atoms with Crippen LogP contribution in [0.15, 0.2) is 12.2 Å². The molecule has 3 aliphatic carbocycles. The third kappa shape index (κ3) is 2.72. The van der Waals surface area contributed by atoms with E-state index in [1.54, 1.807) is 0 Å². The second kappa shape index (κ2) is 5.80. The molecule has 0 spiro atoms. The van der Waals surface area contributed by atoms with Crippen LogP contribution in [0.5, 0.6) is 0 Å². The minimum absolute atomic E-state index is 0.0204. The number of fused-ring (bicyclic) bond motifs is 1. The van der Waals surface area contributed by atoms with E-state index in [1.807, 2.05) is 13.8 Å². The van der Waals surface area contributed by atoms with E-state index in [0.717, 1.165) is 37.7 Å². The molecule has 0 aromatic carbocycles. The zero-order valence-electron chi connectivity index (χ0n) is 15.4. The number of rotatable bonds is 2. The predicted molar refractivity (Wildman–Crippen MR) is 99.9 cm³/mol. The molecule has 3 fully saturated rings. The Bertz CT molecular complexity index is 525. The largest absolute Gasteiger partial charge is 0.392 e. The molecule has 0 aromatic rings. The second-order valence-electron chi connectivity index (χ2n) is 9.69. The summed E-state index contributed by atoms with van der Waals surface area (Å²) in [5.74, 6) is 0.626. The zero-order valence-corrected chi connectivity index (χ0v) is 17.0. The van der Waals surface area contributed by atoms with Crippen molar-refractivity contribution in [3.63, 3.8) is 0 Å². The average Bonchev–Trinajstić information content (AvgIpc) is 2.87. The quantitative estimate of drug-likeness (QED) is 0.489. The molecule has 4 heteroatoms. The summed E-state index contributed by atoms with van der Waals surface area (Å²) in [6.45, 7) is 12.7. The Morgan fingerprint density at radius 3 is 2.17 bits per heavy atom. The van der Waals surface area contributed by atoms with Gasteiger partial charge in [-0.1, -0.05) is 41.9 Å². The fourth-order valence-electron chi connectivity index (χ4n) is 6.08. The summed E-state index contributed by atoms with van der Waals surface area (Å²) in [6.07, 6.45) is 3.76. The molecule has 0 heterocycles. The van der Waals surface area contributed by atoms with Gasteiger partial charge in [-0.2, -0.15) is 0 Å². The first-order valence-corrected chi connectivity index (χ1v) is 10.3. The van der Waals surface area contributed by atoms with Crippen molar-refractivity contribution in [3.8, 4) is 0 Å². The van der Waals surface area contributed by atoms with Gasteiger partial charge in [0, 0.05) is 16.7 Å². The predicted octanol–water partition coefficient (Wildman–Crippen LogP) is 3.65. The van der Waals surface area contributed by atoms with Gasteiger partial charge in [-0.3, -0.25) is 0 Å². The van der Waals surface area contributed by atoms with Crippen LogP contribution in [-0.2, 0) is 0 Å². The van der Waals surface area contributed by atoms with Gasteiger partial charge in [0.2, 0.25) is 0 Å². The lowest BCUT2D eigenvalue weighted by Crippen LogP contribution is -2.43. The summed E-state index contributed by atoms with van der Waals surface area (Å²) in [5, 5.41) is 32.3. The summed E-state index contributed by atoms with van der Waals surface area (Å²) in [4.78, 5) is 0.0600. The highest BCUT2D eigenvalue weighted by Crippen LogP contribution is 2.63. The summed E-state index contributed by atoms with van der Waals surface area (Å²) < 4.78 is 0. The van der Waals surface area contributed by atoms with E-state index < -0.39 is 17.3 Å². The molecule has 3 aliphatic rings. The molecule has 0 amide bonds. The van der Waals surface area contributed by atoms with E-state index in [1.165, 1.54) is 0 Å². The van der Waals surface area contributed by atoms with Gasteiger partial charge < -0.3 is 15.3 Å². The zero-order chi connectivity index (χ0) is 18.1. The van der Waals surface area contributed by atoms with E-state index in [9.17, 15) is 15.3 Å². The summed E-state index contributed by atoms with van der Waals surface area (Å²) >= 11 is 3.64. The van der Waals surface area contributed by atoms with Crippen LogP contribution in [-0.4, -0.2) is 37.5 Å². The summed E-state index contributed by atoms with van der Waals surface area (Å²) in [7, 11) is 0. The Labute approximate surface area is 154 Å². The fraction of sp³-hybridized carbons (Fsp3) is 0.900. The van der Waals surface area contributed by atoms with Crippen LogP contribution in [0.3, 0.4) is 0 Å². The van der Waals surface area contributed by atoms with Gasteiger partial charge in [0.15, 0.2) is 0 Å². The van der Waals surface area contributed by atoms with Crippen LogP contribution in [0, 0.1) is 29.1 Å². The first-order valence-electron chi connectivity index (χ1n) is 9.35. The highest BCUT2D eigenvalue weighted by atomic mass is 79.9. The van der Waals surface area contributed by atoms with Crippen molar-refractivity contribution >= 4 is 15.9 Å². The third-order valence-electron chi connectivity index (χ3n) is 7.67. The fourth-order valence-corrected chi connectivity index (χ4v) is 6.76. The minimum atomic E-state index is -0.773. The molecule has 0 aliphatic heterocycles. The first kappa shape index (κ1) is 18.9. The minimum Gasteiger partial charge on any atom is -0.392 e. The van der Waals surface area contributed by atoms with Crippen molar-refractivity contribution in [1.82, 2.24) is 0 Å². The number of aliphatic hydroxyl groups excluding tert-OH is 1. The monoisotopic (exact) mass is 400 g/mol. The van der Waals surface area contributed by atoms with Crippen LogP contribution < -0.4 is 0 Å². The normalized spacial score (nSPS) is 53.8. The van der Waals surface area contributed by atoms with Crippen LogP contribution in [0.1, 0.15) is 59.8 Å². The highest BCUT2D eigenvalue weighted by molar-refractivity contribution is 9.09. The molecule has 0 bridgehead atoms. The Kier molecular flexibility index (Phi) is 4.56. The molecule has 3 rings (SSSR count). The van der Waals surface area contributed by atoms with Crippen LogP contribution in [0.2, 0.25) is 0 Å². The topological polar surface area (TPSA) is 60.7 Å². The lowest BCUT2D eigenvalue weighted by molar-refractivity contribution is -0.0423.